The van der Waals surface area contributed by atoms with Crippen molar-refractivity contribution in [2.24, 2.45) is 0 Å². The van der Waals surface area contributed by atoms with E-state index < -0.39 is 17.9 Å². The number of carbonyl (C=O) groups is 2. The van der Waals surface area contributed by atoms with Crippen LogP contribution in [-0.2, 0) is 11.2 Å². The van der Waals surface area contributed by atoms with E-state index in [-0.39, 0.29) is 22.0 Å². The van der Waals surface area contributed by atoms with Gasteiger partial charge in [-0.2, -0.15) is 0 Å². The molecule has 3 aromatic carbocycles. The van der Waals surface area contributed by atoms with Crippen LogP contribution in [0.2, 0.25) is 10.0 Å². The normalized spacial score (nSPS) is 11.5. The Morgan fingerprint density at radius 2 is 1.58 bits per heavy atom. The molecule has 0 radical (unpaired) electrons. The Balaban J connectivity index is 1.82. The Morgan fingerprint density at radius 3 is 2.15 bits per heavy atom. The lowest BCUT2D eigenvalue weighted by molar-refractivity contribution is -0.139. The molecule has 0 aliphatic rings. The first-order valence-corrected chi connectivity index (χ1v) is 11.0. The molecule has 0 aliphatic carbocycles. The van der Waals surface area contributed by atoms with Crippen molar-refractivity contribution >= 4 is 35.1 Å². The minimum Gasteiger partial charge on any atom is -0.496 e. The zero-order chi connectivity index (χ0) is 24.0. The van der Waals surface area contributed by atoms with E-state index in [9.17, 15) is 14.7 Å². The first-order chi connectivity index (χ1) is 15.8. The zero-order valence-electron chi connectivity index (χ0n) is 18.1. The van der Waals surface area contributed by atoms with E-state index in [1.807, 2.05) is 49.4 Å². The summed E-state index contributed by atoms with van der Waals surface area (Å²) < 4.78 is 11.2. The van der Waals surface area contributed by atoms with Gasteiger partial charge in [0.15, 0.2) is 0 Å². The highest BCUT2D eigenvalue weighted by Gasteiger charge is 2.24. The van der Waals surface area contributed by atoms with Crippen molar-refractivity contribution in [3.8, 4) is 22.6 Å². The molecular formula is C25H23Cl2NO5. The molecular weight excluding hydrogens is 465 g/mol. The molecule has 0 saturated carbocycles. The van der Waals surface area contributed by atoms with Crippen LogP contribution in [0.5, 0.6) is 11.5 Å². The number of carboxylic acids is 1. The standard InChI is InChI=1S/C25H23Cl2NO5/c1-3-33-21-9-5-8-20(32-2)22(21)16-12-10-15(11-13-16)14-19(25(30)31)28-24(29)23-17(26)6-4-7-18(23)27/h4-13,19H,3,14H2,1-2H3,(H,28,29)(H,30,31)/t19-/m0/s1. The van der Waals surface area contributed by atoms with Gasteiger partial charge in [-0.15, -0.1) is 0 Å². The monoisotopic (exact) mass is 487 g/mol. The van der Waals surface area contributed by atoms with Crippen LogP contribution in [0, 0.1) is 0 Å². The molecule has 172 valence electrons. The number of carbonyl (C=O) groups excluding carboxylic acids is 1. The number of hydrogen-bond donors (Lipinski definition) is 2. The van der Waals surface area contributed by atoms with Gasteiger partial charge in [0.25, 0.3) is 5.91 Å². The Labute approximate surface area is 202 Å². The summed E-state index contributed by atoms with van der Waals surface area (Å²) in [5.41, 5.74) is 2.44. The highest BCUT2D eigenvalue weighted by atomic mass is 35.5. The van der Waals surface area contributed by atoms with Crippen molar-refractivity contribution < 1.29 is 24.2 Å². The molecule has 0 bridgehead atoms. The molecule has 3 rings (SSSR count). The van der Waals surface area contributed by atoms with Gasteiger partial charge in [0.1, 0.15) is 17.5 Å². The molecule has 0 saturated heterocycles. The molecule has 8 heteroatoms. The van der Waals surface area contributed by atoms with Crippen LogP contribution in [0.15, 0.2) is 60.7 Å². The van der Waals surface area contributed by atoms with E-state index in [2.05, 4.69) is 5.32 Å². The summed E-state index contributed by atoms with van der Waals surface area (Å²) in [7, 11) is 1.59. The third kappa shape index (κ3) is 5.78. The van der Waals surface area contributed by atoms with E-state index in [1.165, 1.54) is 12.1 Å². The number of rotatable bonds is 9. The van der Waals surface area contributed by atoms with E-state index >= 15 is 0 Å². The van der Waals surface area contributed by atoms with Gasteiger partial charge in [0.05, 0.1) is 34.9 Å². The Kier molecular flexibility index (Phi) is 8.20. The van der Waals surface area contributed by atoms with Crippen LogP contribution >= 0.6 is 23.2 Å². The molecule has 1 atom stereocenters. The van der Waals surface area contributed by atoms with Gasteiger partial charge in [-0.1, -0.05) is 59.6 Å². The van der Waals surface area contributed by atoms with Crippen LogP contribution in [0.1, 0.15) is 22.8 Å². The number of nitrogens with one attached hydrogen (secondary N) is 1. The van der Waals surface area contributed by atoms with Crippen LogP contribution in [0.4, 0.5) is 0 Å². The third-order valence-corrected chi connectivity index (χ3v) is 5.61. The fraction of sp³-hybridized carbons (Fsp3) is 0.200. The van der Waals surface area contributed by atoms with E-state index in [4.69, 9.17) is 32.7 Å². The van der Waals surface area contributed by atoms with E-state index in [0.717, 1.165) is 16.7 Å². The SMILES string of the molecule is CCOc1cccc(OC)c1-c1ccc(C[C@H](NC(=O)c2c(Cl)cccc2Cl)C(=O)O)cc1. The average molecular weight is 488 g/mol. The molecule has 6 nitrogen and oxygen atoms in total. The van der Waals surface area contributed by atoms with Crippen molar-refractivity contribution in [1.29, 1.82) is 0 Å². The lowest BCUT2D eigenvalue weighted by atomic mass is 9.99. The Bertz CT molecular complexity index is 1130. The third-order valence-electron chi connectivity index (χ3n) is 4.98. The highest BCUT2D eigenvalue weighted by molar-refractivity contribution is 6.39. The number of methoxy groups -OCH3 is 1. The van der Waals surface area contributed by atoms with Crippen LogP contribution in [-0.4, -0.2) is 36.7 Å². The van der Waals surface area contributed by atoms with E-state index in [1.54, 1.807) is 13.2 Å². The van der Waals surface area contributed by atoms with E-state index in [0.29, 0.717) is 18.1 Å². The molecule has 0 aliphatic heterocycles. The molecule has 0 fully saturated rings. The fourth-order valence-electron chi connectivity index (χ4n) is 3.43. The summed E-state index contributed by atoms with van der Waals surface area (Å²) in [5.74, 6) is -0.457. The van der Waals surface area contributed by atoms with Crippen molar-refractivity contribution in [3.63, 3.8) is 0 Å². The molecule has 3 aromatic rings. The Hall–Kier alpha value is -3.22. The highest BCUT2D eigenvalue weighted by Crippen LogP contribution is 2.38. The van der Waals surface area contributed by atoms with Gasteiger partial charge < -0.3 is 19.9 Å². The predicted octanol–water partition coefficient (Wildman–Crippen LogP) is 5.49. The van der Waals surface area contributed by atoms with Crippen molar-refractivity contribution in [1.82, 2.24) is 5.32 Å². The van der Waals surface area contributed by atoms with Crippen LogP contribution in [0.3, 0.4) is 0 Å². The van der Waals surface area contributed by atoms with Crippen molar-refractivity contribution in [2.45, 2.75) is 19.4 Å². The Morgan fingerprint density at radius 1 is 0.970 bits per heavy atom. The summed E-state index contributed by atoms with van der Waals surface area (Å²) in [6, 6.07) is 16.4. The lowest BCUT2D eigenvalue weighted by Crippen LogP contribution is -2.42. The summed E-state index contributed by atoms with van der Waals surface area (Å²) in [4.78, 5) is 24.4. The van der Waals surface area contributed by atoms with Crippen molar-refractivity contribution in [2.75, 3.05) is 13.7 Å². The smallest absolute Gasteiger partial charge is 0.326 e. The number of benzene rings is 3. The molecule has 0 heterocycles. The minimum absolute atomic E-state index is 0.0436. The summed E-state index contributed by atoms with van der Waals surface area (Å²) in [6.45, 7) is 2.41. The van der Waals surface area contributed by atoms with Crippen molar-refractivity contribution in [3.05, 3.63) is 81.8 Å². The summed E-state index contributed by atoms with van der Waals surface area (Å²) >= 11 is 12.1. The van der Waals surface area contributed by atoms with Crippen LogP contribution in [0.25, 0.3) is 11.1 Å². The minimum atomic E-state index is -1.17. The predicted molar refractivity (Wildman–Crippen MR) is 129 cm³/mol. The molecule has 2 N–H and O–H groups in total. The number of halogens is 2. The maximum absolute atomic E-state index is 12.6. The summed E-state index contributed by atoms with van der Waals surface area (Å²) in [5, 5.41) is 12.5. The number of hydrogen-bond acceptors (Lipinski definition) is 4. The van der Waals surface area contributed by atoms with Gasteiger partial charge in [-0.3, -0.25) is 4.79 Å². The maximum atomic E-state index is 12.6. The van der Waals surface area contributed by atoms with Crippen LogP contribution < -0.4 is 14.8 Å². The number of ether oxygens (including phenoxy) is 2. The molecule has 0 unspecified atom stereocenters. The number of amides is 1. The van der Waals surface area contributed by atoms with Gasteiger partial charge in [-0.05, 0) is 42.3 Å². The molecule has 0 spiro atoms. The molecule has 1 amide bonds. The first-order valence-electron chi connectivity index (χ1n) is 10.2. The van der Waals surface area contributed by atoms with Gasteiger partial charge in [-0.25, -0.2) is 4.79 Å². The number of aliphatic carboxylic acids is 1. The van der Waals surface area contributed by atoms with Gasteiger partial charge >= 0.3 is 5.97 Å². The second kappa shape index (κ2) is 11.1. The van der Waals surface area contributed by atoms with Gasteiger partial charge in [0.2, 0.25) is 0 Å². The van der Waals surface area contributed by atoms with Gasteiger partial charge in [0, 0.05) is 6.42 Å². The second-order valence-electron chi connectivity index (χ2n) is 7.13. The fourth-order valence-corrected chi connectivity index (χ4v) is 4.00. The zero-order valence-corrected chi connectivity index (χ0v) is 19.6. The summed E-state index contributed by atoms with van der Waals surface area (Å²) in [6.07, 6.45) is 0.0771. The maximum Gasteiger partial charge on any atom is 0.326 e. The lowest BCUT2D eigenvalue weighted by Gasteiger charge is -2.17. The first kappa shape index (κ1) is 24.4. The molecule has 33 heavy (non-hydrogen) atoms. The topological polar surface area (TPSA) is 84.9 Å². The quantitative estimate of drug-likeness (QED) is 0.416. The molecule has 0 aromatic heterocycles. The number of carboxylic acid groups (broad SMARTS) is 1. The second-order valence-corrected chi connectivity index (χ2v) is 7.94. The average Bonchev–Trinajstić information content (AvgIpc) is 2.79. The largest absolute Gasteiger partial charge is 0.496 e.